The molecule has 172 valence electrons. The van der Waals surface area contributed by atoms with Crippen molar-refractivity contribution in [1.29, 1.82) is 0 Å². The molecule has 0 spiro atoms. The number of hydrogen-bond acceptors (Lipinski definition) is 1. The Labute approximate surface area is 224 Å². The van der Waals surface area contributed by atoms with Crippen molar-refractivity contribution in [3.05, 3.63) is 133 Å². The van der Waals surface area contributed by atoms with E-state index in [1.165, 1.54) is 0 Å². The van der Waals surface area contributed by atoms with E-state index in [-0.39, 0.29) is 40.5 Å². The molecule has 1 heteroatoms. The van der Waals surface area contributed by atoms with Gasteiger partial charge >= 0.3 is 0 Å². The second-order valence-electron chi connectivity index (χ2n) is 9.12. The fraction of sp³-hybridized carbons (Fsp3) is 0. The molecule has 0 saturated heterocycles. The van der Waals surface area contributed by atoms with E-state index < -0.39 is 18.1 Å². The van der Waals surface area contributed by atoms with E-state index in [0.717, 1.165) is 54.6 Å². The Hall–Kier alpha value is -4.88. The normalized spacial score (nSPS) is 14.4. The van der Waals surface area contributed by atoms with Crippen LogP contribution in [0.5, 0.6) is 0 Å². The average Bonchev–Trinajstić information content (AvgIpc) is 3.43. The largest absolute Gasteiger partial charge is 0.455 e. The summed E-state index contributed by atoms with van der Waals surface area (Å²) in [5.74, 6) is 0. The van der Waals surface area contributed by atoms with Crippen molar-refractivity contribution in [2.75, 3.05) is 0 Å². The summed E-state index contributed by atoms with van der Waals surface area (Å²) in [6, 6.07) is 27.1. The number of fused-ring (bicyclic) bond motifs is 6. The topological polar surface area (TPSA) is 13.1 Å². The Morgan fingerprint density at radius 2 is 1.08 bits per heavy atom. The lowest BCUT2D eigenvalue weighted by Gasteiger charge is -2.18. The van der Waals surface area contributed by atoms with Crippen molar-refractivity contribution >= 4 is 54.3 Å². The van der Waals surface area contributed by atoms with Crippen LogP contribution in [0, 0.1) is 0 Å². The molecular formula is C36H22O. The zero-order valence-electron chi connectivity index (χ0n) is 26.6. The van der Waals surface area contributed by atoms with E-state index in [4.69, 9.17) is 12.6 Å². The van der Waals surface area contributed by atoms with Crippen LogP contribution < -0.4 is 0 Å². The molecule has 0 atom stereocenters. The van der Waals surface area contributed by atoms with Crippen LogP contribution in [0.2, 0.25) is 0 Å². The van der Waals surface area contributed by atoms with Gasteiger partial charge in [-0.2, -0.15) is 0 Å². The first kappa shape index (κ1) is 14.6. The lowest BCUT2D eigenvalue weighted by atomic mass is 9.85. The van der Waals surface area contributed by atoms with Crippen LogP contribution in [0.4, 0.5) is 0 Å². The number of para-hydroxylation sites is 2. The van der Waals surface area contributed by atoms with Crippen molar-refractivity contribution in [3.63, 3.8) is 0 Å². The molecule has 0 radical (unpaired) electrons. The predicted molar refractivity (Wildman–Crippen MR) is 157 cm³/mol. The fourth-order valence-electron chi connectivity index (χ4n) is 5.54. The Bertz CT molecular complexity index is 2470. The van der Waals surface area contributed by atoms with Gasteiger partial charge in [-0.05, 0) is 55.6 Å². The van der Waals surface area contributed by atoms with Gasteiger partial charge in [-0.15, -0.1) is 0 Å². The second-order valence-corrected chi connectivity index (χ2v) is 9.12. The Morgan fingerprint density at radius 1 is 0.486 bits per heavy atom. The van der Waals surface area contributed by atoms with Gasteiger partial charge in [0.2, 0.25) is 0 Å². The summed E-state index contributed by atoms with van der Waals surface area (Å²) in [7, 11) is 0. The highest BCUT2D eigenvalue weighted by Crippen LogP contribution is 2.46. The first-order valence-corrected chi connectivity index (χ1v) is 12.1. The Morgan fingerprint density at radius 3 is 1.81 bits per heavy atom. The summed E-state index contributed by atoms with van der Waals surface area (Å²) in [6.45, 7) is 0. The highest BCUT2D eigenvalue weighted by Gasteiger charge is 2.20. The number of benzene rings is 7. The summed E-state index contributed by atoms with van der Waals surface area (Å²) in [5, 5.41) is 5.11. The molecule has 37 heavy (non-hydrogen) atoms. The van der Waals surface area contributed by atoms with E-state index in [0.29, 0.717) is 5.56 Å². The van der Waals surface area contributed by atoms with Crippen molar-refractivity contribution in [2.24, 2.45) is 0 Å². The van der Waals surface area contributed by atoms with Gasteiger partial charge in [0, 0.05) is 21.9 Å². The van der Waals surface area contributed by atoms with Crippen molar-refractivity contribution in [2.45, 2.75) is 0 Å². The van der Waals surface area contributed by atoms with Crippen LogP contribution >= 0.6 is 0 Å². The first-order valence-electron chi connectivity index (χ1n) is 15.6. The number of rotatable bonds is 2. The predicted octanol–water partition coefficient (Wildman–Crippen LogP) is 10.4. The Kier molecular flexibility index (Phi) is 3.09. The third kappa shape index (κ3) is 2.98. The first-order chi connectivity index (χ1) is 21.3. The molecule has 0 aliphatic carbocycles. The summed E-state index contributed by atoms with van der Waals surface area (Å²) in [6.07, 6.45) is 0. The molecule has 8 rings (SSSR count). The summed E-state index contributed by atoms with van der Waals surface area (Å²) >= 11 is 0. The van der Waals surface area contributed by atoms with Crippen LogP contribution in [0.1, 0.15) is 9.60 Å². The van der Waals surface area contributed by atoms with E-state index in [1.807, 2.05) is 84.9 Å². The standard InChI is InChI=1S/C36H22O/c1-2-11-24-22-25(21-20-23(24)10-1)34-27-13-3-5-15-29(27)35(30-16-6-4-14-28(30)34)32-18-9-17-31-26-12-7-8-19-33(26)37-36(31)32/h1-22H/i1D,2D,10D,11D,20D,21D,22D. The van der Waals surface area contributed by atoms with E-state index in [1.54, 1.807) is 0 Å². The highest BCUT2D eigenvalue weighted by molar-refractivity contribution is 6.24. The van der Waals surface area contributed by atoms with E-state index >= 15 is 0 Å². The molecule has 0 bridgehead atoms. The van der Waals surface area contributed by atoms with Crippen LogP contribution in [0.25, 0.3) is 76.5 Å². The minimum Gasteiger partial charge on any atom is -0.455 e. The van der Waals surface area contributed by atoms with Gasteiger partial charge in [-0.1, -0.05) is 121 Å². The van der Waals surface area contributed by atoms with Gasteiger partial charge in [0.1, 0.15) is 11.2 Å². The molecule has 7 aromatic carbocycles. The lowest BCUT2D eigenvalue weighted by Crippen LogP contribution is -1.91. The zero-order valence-corrected chi connectivity index (χ0v) is 19.6. The molecule has 0 aliphatic rings. The summed E-state index contributed by atoms with van der Waals surface area (Å²) < 4.78 is 67.2. The van der Waals surface area contributed by atoms with Crippen LogP contribution in [0.15, 0.2) is 138 Å². The molecule has 8 aromatic rings. The minimum atomic E-state index is -0.484. The number of hydrogen-bond donors (Lipinski definition) is 0. The minimum absolute atomic E-state index is 0.0590. The molecule has 0 N–H and O–H groups in total. The maximum atomic E-state index is 9.29. The molecule has 1 nitrogen and oxygen atoms in total. The van der Waals surface area contributed by atoms with Crippen LogP contribution in [0.3, 0.4) is 0 Å². The molecular weight excluding hydrogens is 448 g/mol. The monoisotopic (exact) mass is 477 g/mol. The maximum Gasteiger partial charge on any atom is 0.143 e. The van der Waals surface area contributed by atoms with Gasteiger partial charge in [-0.25, -0.2) is 0 Å². The lowest BCUT2D eigenvalue weighted by molar-refractivity contribution is 0.670. The van der Waals surface area contributed by atoms with Crippen LogP contribution in [-0.2, 0) is 0 Å². The molecule has 0 unspecified atom stereocenters. The third-order valence-corrected chi connectivity index (χ3v) is 7.11. The fourth-order valence-corrected chi connectivity index (χ4v) is 5.54. The van der Waals surface area contributed by atoms with Gasteiger partial charge < -0.3 is 4.42 Å². The summed E-state index contributed by atoms with van der Waals surface area (Å²) in [5.41, 5.74) is 4.14. The molecule has 1 heterocycles. The van der Waals surface area contributed by atoms with Crippen molar-refractivity contribution in [3.8, 4) is 22.3 Å². The van der Waals surface area contributed by atoms with E-state index in [9.17, 15) is 1.37 Å². The Balaban J connectivity index is 1.57. The third-order valence-electron chi connectivity index (χ3n) is 7.11. The molecule has 1 aromatic heterocycles. The molecule has 0 saturated carbocycles. The smallest absolute Gasteiger partial charge is 0.143 e. The van der Waals surface area contributed by atoms with Gasteiger partial charge in [0.15, 0.2) is 0 Å². The van der Waals surface area contributed by atoms with Gasteiger partial charge in [-0.3, -0.25) is 0 Å². The maximum absolute atomic E-state index is 9.29. The quantitative estimate of drug-likeness (QED) is 0.226. The van der Waals surface area contributed by atoms with Gasteiger partial charge in [0.05, 0.1) is 9.60 Å². The van der Waals surface area contributed by atoms with Crippen molar-refractivity contribution in [1.82, 2.24) is 0 Å². The summed E-state index contributed by atoms with van der Waals surface area (Å²) in [4.78, 5) is 0. The SMILES string of the molecule is [2H]c1c([2H])c([2H])c2c([2H])c(-c3c4ccccc4c(-c4cccc5c4oc4ccccc45)c4ccccc34)c([2H])c([2H])c2c1[2H]. The molecule has 0 amide bonds. The second kappa shape index (κ2) is 7.81. The highest BCUT2D eigenvalue weighted by atomic mass is 16.3. The average molecular weight is 478 g/mol. The molecule has 0 fully saturated rings. The van der Waals surface area contributed by atoms with Crippen molar-refractivity contribution < 1.29 is 14.0 Å². The zero-order chi connectivity index (χ0) is 30.4. The number of furan rings is 1. The van der Waals surface area contributed by atoms with Crippen LogP contribution in [-0.4, -0.2) is 0 Å². The van der Waals surface area contributed by atoms with Gasteiger partial charge in [0.25, 0.3) is 0 Å². The molecule has 0 aliphatic heterocycles. The van der Waals surface area contributed by atoms with E-state index in [2.05, 4.69) is 6.07 Å².